The van der Waals surface area contributed by atoms with Gasteiger partial charge in [-0.15, -0.1) is 0 Å². The molecule has 0 fully saturated rings. The maximum Gasteiger partial charge on any atom is 0.219 e. The highest BCUT2D eigenvalue weighted by atomic mass is 16.6. The van der Waals surface area contributed by atoms with E-state index in [0.29, 0.717) is 12.8 Å². The zero-order chi connectivity index (χ0) is 14.7. The molecule has 0 saturated heterocycles. The van der Waals surface area contributed by atoms with Gasteiger partial charge in [0, 0.05) is 22.7 Å². The first kappa shape index (κ1) is 17.8. The Hall–Kier alpha value is -1.20. The molecule has 0 amide bonds. The Kier molecular flexibility index (Phi) is 10.0. The standard InChI is InChI=1S/C13H26N2O4/c1-3-5-7-9-12(14(16)17)11-13(15(18)19)10-8-6-4-2/h12-13H,3-11H2,1-2H3. The zero-order valence-corrected chi connectivity index (χ0v) is 12.0. The molecule has 112 valence electrons. The number of rotatable bonds is 12. The van der Waals surface area contributed by atoms with Crippen molar-refractivity contribution in [2.75, 3.05) is 0 Å². The van der Waals surface area contributed by atoms with Gasteiger partial charge in [-0.3, -0.25) is 20.2 Å². The Morgan fingerprint density at radius 3 is 1.42 bits per heavy atom. The van der Waals surface area contributed by atoms with E-state index in [2.05, 4.69) is 0 Å². The van der Waals surface area contributed by atoms with Crippen LogP contribution in [0.25, 0.3) is 0 Å². The molecule has 0 rings (SSSR count). The molecule has 0 aliphatic rings. The molecule has 0 aromatic heterocycles. The minimum Gasteiger partial charge on any atom is -0.264 e. The molecule has 0 aliphatic carbocycles. The summed E-state index contributed by atoms with van der Waals surface area (Å²) in [6, 6.07) is -1.52. The maximum atomic E-state index is 11.0. The number of hydrogen-bond acceptors (Lipinski definition) is 4. The molecule has 6 heteroatoms. The molecule has 0 aromatic carbocycles. The van der Waals surface area contributed by atoms with E-state index in [1.54, 1.807) is 0 Å². The smallest absolute Gasteiger partial charge is 0.219 e. The fourth-order valence-electron chi connectivity index (χ4n) is 2.19. The predicted molar refractivity (Wildman–Crippen MR) is 74.5 cm³/mol. The van der Waals surface area contributed by atoms with Crippen molar-refractivity contribution in [3.63, 3.8) is 0 Å². The Labute approximate surface area is 114 Å². The Morgan fingerprint density at radius 2 is 1.16 bits per heavy atom. The van der Waals surface area contributed by atoms with Crippen LogP contribution in [0.15, 0.2) is 0 Å². The largest absolute Gasteiger partial charge is 0.264 e. The van der Waals surface area contributed by atoms with Crippen molar-refractivity contribution in [1.29, 1.82) is 0 Å². The second kappa shape index (κ2) is 10.7. The third-order valence-corrected chi connectivity index (χ3v) is 3.42. The topological polar surface area (TPSA) is 86.3 Å². The molecular formula is C13H26N2O4. The van der Waals surface area contributed by atoms with Crippen molar-refractivity contribution in [2.45, 2.75) is 83.7 Å². The van der Waals surface area contributed by atoms with Gasteiger partial charge in [0.15, 0.2) is 0 Å². The molecule has 0 saturated carbocycles. The highest BCUT2D eigenvalue weighted by Gasteiger charge is 2.30. The van der Waals surface area contributed by atoms with E-state index < -0.39 is 12.1 Å². The van der Waals surface area contributed by atoms with E-state index in [0.717, 1.165) is 38.5 Å². The predicted octanol–water partition coefficient (Wildman–Crippen LogP) is 3.83. The van der Waals surface area contributed by atoms with Crippen LogP contribution in [0, 0.1) is 20.2 Å². The van der Waals surface area contributed by atoms with Crippen molar-refractivity contribution in [3.8, 4) is 0 Å². The molecule has 6 nitrogen and oxygen atoms in total. The summed E-state index contributed by atoms with van der Waals surface area (Å²) >= 11 is 0. The summed E-state index contributed by atoms with van der Waals surface area (Å²) in [5.41, 5.74) is 0. The van der Waals surface area contributed by atoms with Crippen molar-refractivity contribution in [2.24, 2.45) is 0 Å². The van der Waals surface area contributed by atoms with Gasteiger partial charge in [-0.1, -0.05) is 39.5 Å². The summed E-state index contributed by atoms with van der Waals surface area (Å²) in [5.74, 6) is 0. The van der Waals surface area contributed by atoms with Crippen LogP contribution in [0.2, 0.25) is 0 Å². The Bertz CT molecular complexity index is 245. The van der Waals surface area contributed by atoms with Gasteiger partial charge in [-0.25, -0.2) is 0 Å². The average Bonchev–Trinajstić information content (AvgIpc) is 2.35. The van der Waals surface area contributed by atoms with E-state index in [1.165, 1.54) is 0 Å². The minimum atomic E-state index is -0.761. The zero-order valence-electron chi connectivity index (χ0n) is 12.0. The van der Waals surface area contributed by atoms with Gasteiger partial charge in [0.25, 0.3) is 0 Å². The Morgan fingerprint density at radius 1 is 0.789 bits per heavy atom. The molecule has 0 radical (unpaired) electrons. The van der Waals surface area contributed by atoms with Gasteiger partial charge in [-0.2, -0.15) is 0 Å². The van der Waals surface area contributed by atoms with E-state index >= 15 is 0 Å². The van der Waals surface area contributed by atoms with Crippen molar-refractivity contribution >= 4 is 0 Å². The number of hydrogen-bond donors (Lipinski definition) is 0. The first-order valence-electron chi connectivity index (χ1n) is 7.29. The fraction of sp³-hybridized carbons (Fsp3) is 1.00. The first-order valence-corrected chi connectivity index (χ1v) is 7.29. The van der Waals surface area contributed by atoms with Crippen LogP contribution < -0.4 is 0 Å². The lowest BCUT2D eigenvalue weighted by Gasteiger charge is -2.13. The molecule has 0 bridgehead atoms. The summed E-state index contributed by atoms with van der Waals surface area (Å²) in [6.45, 7) is 4.07. The lowest BCUT2D eigenvalue weighted by Crippen LogP contribution is -2.30. The normalized spacial score (nSPS) is 14.0. The van der Waals surface area contributed by atoms with Crippen molar-refractivity contribution < 1.29 is 9.85 Å². The average molecular weight is 274 g/mol. The second-order valence-corrected chi connectivity index (χ2v) is 5.11. The molecule has 0 spiro atoms. The number of nitrogens with zero attached hydrogens (tertiary/aromatic N) is 2. The van der Waals surface area contributed by atoms with E-state index in [9.17, 15) is 20.2 Å². The van der Waals surface area contributed by atoms with E-state index in [4.69, 9.17) is 0 Å². The quantitative estimate of drug-likeness (QED) is 0.307. The second-order valence-electron chi connectivity index (χ2n) is 5.11. The first-order chi connectivity index (χ1) is 9.02. The van der Waals surface area contributed by atoms with Crippen molar-refractivity contribution in [1.82, 2.24) is 0 Å². The van der Waals surface area contributed by atoms with Gasteiger partial charge in [-0.05, 0) is 12.8 Å². The molecule has 0 aliphatic heterocycles. The third-order valence-electron chi connectivity index (χ3n) is 3.42. The molecule has 19 heavy (non-hydrogen) atoms. The van der Waals surface area contributed by atoms with Gasteiger partial charge in [0.1, 0.15) is 0 Å². The van der Waals surface area contributed by atoms with E-state index in [1.807, 2.05) is 13.8 Å². The van der Waals surface area contributed by atoms with Crippen LogP contribution in [-0.4, -0.2) is 21.9 Å². The molecule has 0 N–H and O–H groups in total. The Balaban J connectivity index is 4.31. The number of unbranched alkanes of at least 4 members (excludes halogenated alkanes) is 4. The van der Waals surface area contributed by atoms with Gasteiger partial charge < -0.3 is 0 Å². The minimum absolute atomic E-state index is 0.0768. The molecular weight excluding hydrogens is 248 g/mol. The summed E-state index contributed by atoms with van der Waals surface area (Å²) in [5, 5.41) is 21.9. The summed E-state index contributed by atoms with van der Waals surface area (Å²) in [6.07, 6.45) is 6.44. The molecule has 2 atom stereocenters. The van der Waals surface area contributed by atoms with Crippen LogP contribution in [0.4, 0.5) is 0 Å². The summed E-state index contributed by atoms with van der Waals surface area (Å²) in [7, 11) is 0. The van der Waals surface area contributed by atoms with Crippen LogP contribution >= 0.6 is 0 Å². The van der Waals surface area contributed by atoms with Gasteiger partial charge in [0.2, 0.25) is 12.1 Å². The van der Waals surface area contributed by atoms with Crippen LogP contribution in [0.5, 0.6) is 0 Å². The third kappa shape index (κ3) is 8.51. The van der Waals surface area contributed by atoms with Gasteiger partial charge in [0.05, 0.1) is 6.42 Å². The van der Waals surface area contributed by atoms with Crippen LogP contribution in [0.1, 0.15) is 71.6 Å². The molecule has 0 heterocycles. The summed E-state index contributed by atoms with van der Waals surface area (Å²) in [4.78, 5) is 21.2. The van der Waals surface area contributed by atoms with Crippen LogP contribution in [0.3, 0.4) is 0 Å². The SMILES string of the molecule is CCCCCC(CC(CCCCC)[N+](=O)[O-])[N+](=O)[O-]. The van der Waals surface area contributed by atoms with Crippen LogP contribution in [-0.2, 0) is 0 Å². The lowest BCUT2D eigenvalue weighted by atomic mass is 9.98. The summed E-state index contributed by atoms with van der Waals surface area (Å²) < 4.78 is 0. The fourth-order valence-corrected chi connectivity index (χ4v) is 2.19. The molecule has 0 aromatic rings. The molecule has 2 unspecified atom stereocenters. The van der Waals surface area contributed by atoms with Crippen molar-refractivity contribution in [3.05, 3.63) is 20.2 Å². The number of nitro groups is 2. The highest BCUT2D eigenvalue weighted by Crippen LogP contribution is 2.17. The maximum absolute atomic E-state index is 11.0. The van der Waals surface area contributed by atoms with Gasteiger partial charge >= 0.3 is 0 Å². The monoisotopic (exact) mass is 274 g/mol. The highest BCUT2D eigenvalue weighted by molar-refractivity contribution is 4.66. The van der Waals surface area contributed by atoms with E-state index in [-0.39, 0.29) is 16.3 Å². The lowest BCUT2D eigenvalue weighted by molar-refractivity contribution is -0.561.